The number of aromatic amines is 1. The van der Waals surface area contributed by atoms with Crippen LogP contribution in [0, 0.1) is 10.1 Å². The van der Waals surface area contributed by atoms with Crippen LogP contribution in [0.15, 0.2) is 48.7 Å². The number of benzene rings is 2. The lowest BCUT2D eigenvalue weighted by molar-refractivity contribution is -0.384. The van der Waals surface area contributed by atoms with E-state index in [0.29, 0.717) is 17.7 Å². The summed E-state index contributed by atoms with van der Waals surface area (Å²) in [4.78, 5) is 16.5. The van der Waals surface area contributed by atoms with Crippen LogP contribution >= 0.6 is 0 Å². The highest BCUT2D eigenvalue weighted by Crippen LogP contribution is 2.38. The van der Waals surface area contributed by atoms with E-state index in [-0.39, 0.29) is 23.3 Å². The zero-order chi connectivity index (χ0) is 20.7. The minimum atomic E-state index is -4.97. The fourth-order valence-electron chi connectivity index (χ4n) is 2.47. The van der Waals surface area contributed by atoms with Gasteiger partial charge in [0.05, 0.1) is 27.9 Å². The summed E-state index contributed by atoms with van der Waals surface area (Å²) in [5.41, 5.74) is -2.77. The van der Waals surface area contributed by atoms with Crippen molar-refractivity contribution < 1.29 is 31.3 Å². The molecule has 0 unspecified atom stereocenters. The molecule has 1 N–H and O–H groups in total. The predicted octanol–water partition coefficient (Wildman–Crippen LogP) is 5.69. The SMILES string of the molecule is O=[N+]([O-])c1ccc(-c2cnc(-c3cc(C(F)(F)F)cc(C(F)(F)F)c3)[nH]2)cc1. The van der Waals surface area contributed by atoms with Crippen molar-refractivity contribution in [3.8, 4) is 22.6 Å². The summed E-state index contributed by atoms with van der Waals surface area (Å²) in [6, 6.07) is 6.33. The highest BCUT2D eigenvalue weighted by atomic mass is 19.4. The summed E-state index contributed by atoms with van der Waals surface area (Å²) in [6.07, 6.45) is -8.72. The summed E-state index contributed by atoms with van der Waals surface area (Å²) in [7, 11) is 0. The van der Waals surface area contributed by atoms with Crippen molar-refractivity contribution in [3.63, 3.8) is 0 Å². The minimum absolute atomic E-state index is 0.0314. The number of nitro benzene ring substituents is 1. The molecule has 2 aromatic carbocycles. The first-order chi connectivity index (χ1) is 12.9. The first-order valence-corrected chi connectivity index (χ1v) is 7.55. The second-order valence-corrected chi connectivity index (χ2v) is 5.74. The van der Waals surface area contributed by atoms with Crippen molar-refractivity contribution >= 4 is 5.69 Å². The van der Waals surface area contributed by atoms with Crippen LogP contribution < -0.4 is 0 Å². The van der Waals surface area contributed by atoms with Gasteiger partial charge in [-0.1, -0.05) is 0 Å². The number of imidazole rings is 1. The van der Waals surface area contributed by atoms with E-state index in [4.69, 9.17) is 0 Å². The van der Waals surface area contributed by atoms with Crippen molar-refractivity contribution in [2.45, 2.75) is 12.4 Å². The number of aromatic nitrogens is 2. The number of nitrogens with zero attached hydrogens (tertiary/aromatic N) is 2. The topological polar surface area (TPSA) is 71.8 Å². The second kappa shape index (κ2) is 6.66. The summed E-state index contributed by atoms with van der Waals surface area (Å²) >= 11 is 0. The molecule has 0 atom stereocenters. The standard InChI is InChI=1S/C17H9F6N3O2/c18-16(19,20)11-5-10(6-12(7-11)17(21,22)23)15-24-8-14(25-15)9-1-3-13(4-2-9)26(27)28/h1-8H,(H,24,25). The first kappa shape index (κ1) is 19.4. The Morgan fingerprint density at radius 2 is 1.39 bits per heavy atom. The molecule has 3 rings (SSSR count). The van der Waals surface area contributed by atoms with E-state index < -0.39 is 34.0 Å². The monoisotopic (exact) mass is 401 g/mol. The molecule has 11 heteroatoms. The van der Waals surface area contributed by atoms with Gasteiger partial charge in [0.1, 0.15) is 5.82 Å². The average molecular weight is 401 g/mol. The number of hydrogen-bond donors (Lipinski definition) is 1. The Morgan fingerprint density at radius 1 is 0.857 bits per heavy atom. The largest absolute Gasteiger partial charge is 0.416 e. The van der Waals surface area contributed by atoms with Gasteiger partial charge in [-0.25, -0.2) is 4.98 Å². The summed E-state index contributed by atoms with van der Waals surface area (Å²) in [6.45, 7) is 0. The number of nitro groups is 1. The molecule has 0 aliphatic heterocycles. The Bertz CT molecular complexity index is 990. The van der Waals surface area contributed by atoms with Gasteiger partial charge in [-0.05, 0) is 30.3 Å². The maximum atomic E-state index is 13.0. The lowest BCUT2D eigenvalue weighted by atomic mass is 10.0. The molecule has 0 amide bonds. The fourth-order valence-corrected chi connectivity index (χ4v) is 2.47. The van der Waals surface area contributed by atoms with E-state index in [1.54, 1.807) is 0 Å². The molecule has 1 heterocycles. The number of alkyl halides is 6. The Labute approximate surface area is 152 Å². The van der Waals surface area contributed by atoms with Crippen LogP contribution in [-0.4, -0.2) is 14.9 Å². The van der Waals surface area contributed by atoms with Gasteiger partial charge in [0.2, 0.25) is 0 Å². The minimum Gasteiger partial charge on any atom is -0.338 e. The van der Waals surface area contributed by atoms with Crippen LogP contribution in [0.25, 0.3) is 22.6 Å². The Hall–Kier alpha value is -3.37. The summed E-state index contributed by atoms with van der Waals surface area (Å²) in [5.74, 6) is -0.204. The third-order valence-corrected chi connectivity index (χ3v) is 3.83. The molecule has 0 bridgehead atoms. The van der Waals surface area contributed by atoms with E-state index in [1.165, 1.54) is 30.5 Å². The molecule has 0 fully saturated rings. The molecule has 0 saturated carbocycles. The van der Waals surface area contributed by atoms with Gasteiger partial charge in [0.25, 0.3) is 5.69 Å². The third kappa shape index (κ3) is 3.97. The van der Waals surface area contributed by atoms with Crippen molar-refractivity contribution in [3.05, 3.63) is 69.9 Å². The van der Waals surface area contributed by atoms with Crippen LogP contribution in [0.4, 0.5) is 32.0 Å². The zero-order valence-corrected chi connectivity index (χ0v) is 13.6. The Morgan fingerprint density at radius 3 is 1.86 bits per heavy atom. The Balaban J connectivity index is 2.03. The molecule has 0 aliphatic carbocycles. The van der Waals surface area contributed by atoms with Crippen molar-refractivity contribution in [1.29, 1.82) is 0 Å². The van der Waals surface area contributed by atoms with Gasteiger partial charge in [-0.3, -0.25) is 10.1 Å². The molecule has 0 spiro atoms. The van der Waals surface area contributed by atoms with Crippen LogP contribution in [0.5, 0.6) is 0 Å². The molecular formula is C17H9F6N3O2. The van der Waals surface area contributed by atoms with E-state index in [0.717, 1.165) is 0 Å². The van der Waals surface area contributed by atoms with Crippen molar-refractivity contribution in [2.24, 2.45) is 0 Å². The maximum absolute atomic E-state index is 13.0. The molecule has 28 heavy (non-hydrogen) atoms. The molecule has 3 aromatic rings. The molecule has 1 aromatic heterocycles. The normalized spacial score (nSPS) is 12.2. The van der Waals surface area contributed by atoms with E-state index >= 15 is 0 Å². The zero-order valence-electron chi connectivity index (χ0n) is 13.6. The molecule has 0 saturated heterocycles. The van der Waals surface area contributed by atoms with E-state index in [1.807, 2.05) is 0 Å². The first-order valence-electron chi connectivity index (χ1n) is 7.55. The summed E-state index contributed by atoms with van der Waals surface area (Å²) in [5, 5.41) is 10.7. The van der Waals surface area contributed by atoms with Crippen LogP contribution in [0.1, 0.15) is 11.1 Å². The van der Waals surface area contributed by atoms with E-state index in [2.05, 4.69) is 9.97 Å². The smallest absolute Gasteiger partial charge is 0.338 e. The number of nitrogens with one attached hydrogen (secondary N) is 1. The highest BCUT2D eigenvalue weighted by Gasteiger charge is 2.37. The number of H-pyrrole nitrogens is 1. The van der Waals surface area contributed by atoms with Gasteiger partial charge in [-0.2, -0.15) is 26.3 Å². The average Bonchev–Trinajstić information content (AvgIpc) is 3.10. The van der Waals surface area contributed by atoms with Gasteiger partial charge in [0, 0.05) is 23.3 Å². The van der Waals surface area contributed by atoms with Gasteiger partial charge in [0.15, 0.2) is 0 Å². The molecule has 5 nitrogen and oxygen atoms in total. The summed E-state index contributed by atoms with van der Waals surface area (Å²) < 4.78 is 77.8. The quantitative estimate of drug-likeness (QED) is 0.348. The van der Waals surface area contributed by atoms with Crippen LogP contribution in [0.2, 0.25) is 0 Å². The molecule has 146 valence electrons. The van der Waals surface area contributed by atoms with E-state index in [9.17, 15) is 36.5 Å². The second-order valence-electron chi connectivity index (χ2n) is 5.74. The van der Waals surface area contributed by atoms with Gasteiger partial charge in [-0.15, -0.1) is 0 Å². The van der Waals surface area contributed by atoms with Gasteiger partial charge >= 0.3 is 12.4 Å². The van der Waals surface area contributed by atoms with Crippen molar-refractivity contribution in [1.82, 2.24) is 9.97 Å². The number of halogens is 6. The number of rotatable bonds is 3. The molecule has 0 radical (unpaired) electrons. The fraction of sp³-hybridized carbons (Fsp3) is 0.118. The Kier molecular flexibility index (Phi) is 4.61. The third-order valence-electron chi connectivity index (χ3n) is 3.83. The lowest BCUT2D eigenvalue weighted by Crippen LogP contribution is -2.11. The molecule has 0 aliphatic rings. The highest BCUT2D eigenvalue weighted by molar-refractivity contribution is 5.66. The van der Waals surface area contributed by atoms with Crippen LogP contribution in [-0.2, 0) is 12.4 Å². The molecular weight excluding hydrogens is 392 g/mol. The van der Waals surface area contributed by atoms with Crippen molar-refractivity contribution in [2.75, 3.05) is 0 Å². The predicted molar refractivity (Wildman–Crippen MR) is 86.1 cm³/mol. The number of hydrogen-bond acceptors (Lipinski definition) is 3. The maximum Gasteiger partial charge on any atom is 0.416 e. The van der Waals surface area contributed by atoms with Gasteiger partial charge < -0.3 is 4.98 Å². The van der Waals surface area contributed by atoms with Crippen LogP contribution in [0.3, 0.4) is 0 Å². The number of non-ortho nitro benzene ring substituents is 1. The lowest BCUT2D eigenvalue weighted by Gasteiger charge is -2.13.